The lowest BCUT2D eigenvalue weighted by Gasteiger charge is -2.03. The van der Waals surface area contributed by atoms with Crippen molar-refractivity contribution in [1.29, 1.82) is 0 Å². The van der Waals surface area contributed by atoms with Crippen LogP contribution in [0.2, 0.25) is 0 Å². The number of carbonyl (C=O) groups is 1. The summed E-state index contributed by atoms with van der Waals surface area (Å²) in [6, 6.07) is 0. The van der Waals surface area contributed by atoms with E-state index in [1.54, 1.807) is 0 Å². The van der Waals surface area contributed by atoms with E-state index in [2.05, 4.69) is 4.18 Å². The van der Waals surface area contributed by atoms with Crippen molar-refractivity contribution in [1.82, 2.24) is 0 Å². The Kier molecular flexibility index (Phi) is 5.09. The second kappa shape index (κ2) is 5.33. The maximum atomic E-state index is 10.1. The van der Waals surface area contributed by atoms with Gasteiger partial charge in [0, 0.05) is 6.42 Å². The average Bonchev–Trinajstić information content (AvgIpc) is 1.79. The van der Waals surface area contributed by atoms with Crippen LogP contribution in [-0.4, -0.2) is 21.3 Å². The van der Waals surface area contributed by atoms with Gasteiger partial charge >= 0.3 is 0 Å². The summed E-state index contributed by atoms with van der Waals surface area (Å²) in [7, 11) is 0. The molecule has 0 heterocycles. The molecule has 0 saturated heterocycles. The van der Waals surface area contributed by atoms with E-state index < -0.39 is 17.3 Å². The summed E-state index contributed by atoms with van der Waals surface area (Å²) in [5.41, 5.74) is 4.76. The zero-order chi connectivity index (χ0) is 7.98. The van der Waals surface area contributed by atoms with Gasteiger partial charge in [0.1, 0.15) is 0 Å². The van der Waals surface area contributed by atoms with Crippen LogP contribution in [0.4, 0.5) is 0 Å². The van der Waals surface area contributed by atoms with Gasteiger partial charge in [-0.3, -0.25) is 4.79 Å². The van der Waals surface area contributed by atoms with Gasteiger partial charge in [0.2, 0.25) is 5.91 Å². The summed E-state index contributed by atoms with van der Waals surface area (Å²) < 4.78 is 23.5. The first-order valence-corrected chi connectivity index (χ1v) is 3.64. The van der Waals surface area contributed by atoms with Crippen molar-refractivity contribution in [2.75, 3.05) is 6.61 Å². The van der Waals surface area contributed by atoms with Gasteiger partial charge in [-0.05, 0) is 6.42 Å². The van der Waals surface area contributed by atoms with E-state index in [0.29, 0.717) is 6.42 Å². The molecule has 0 aliphatic rings. The predicted molar refractivity (Wildman–Crippen MR) is 33.3 cm³/mol. The number of primary amides is 1. The molecule has 6 heteroatoms. The van der Waals surface area contributed by atoms with Crippen LogP contribution in [0.5, 0.6) is 0 Å². The van der Waals surface area contributed by atoms with Crippen LogP contribution in [0, 0.1) is 0 Å². The monoisotopic (exact) mass is 166 g/mol. The van der Waals surface area contributed by atoms with Crippen LogP contribution < -0.4 is 5.73 Å². The lowest BCUT2D eigenvalue weighted by Crippen LogP contribution is -2.11. The number of hydrogen-bond donors (Lipinski definition) is 1. The Balaban J connectivity index is 3.06. The van der Waals surface area contributed by atoms with Crippen molar-refractivity contribution in [2.45, 2.75) is 12.8 Å². The molecule has 10 heavy (non-hydrogen) atoms. The van der Waals surface area contributed by atoms with E-state index >= 15 is 0 Å². The quantitative estimate of drug-likeness (QED) is 0.421. The molecule has 0 rings (SSSR count). The Bertz CT molecular complexity index is 121. The highest BCUT2D eigenvalue weighted by atomic mass is 32.2. The fraction of sp³-hybridized carbons (Fsp3) is 0.750. The molecule has 0 bridgehead atoms. The van der Waals surface area contributed by atoms with Crippen LogP contribution in [0.1, 0.15) is 12.8 Å². The Labute approximate surface area is 61.0 Å². The molecule has 1 amide bonds. The second-order valence-electron chi connectivity index (χ2n) is 1.60. The third-order valence-corrected chi connectivity index (χ3v) is 1.11. The van der Waals surface area contributed by atoms with E-state index in [1.807, 2.05) is 0 Å². The first-order valence-electron chi connectivity index (χ1n) is 2.64. The summed E-state index contributed by atoms with van der Waals surface area (Å²) in [5, 5.41) is 0. The fourth-order valence-electron chi connectivity index (χ4n) is 0.373. The lowest BCUT2D eigenvalue weighted by molar-refractivity contribution is -0.118. The van der Waals surface area contributed by atoms with Crippen molar-refractivity contribution >= 4 is 17.3 Å². The Hall–Kier alpha value is -0.460. The number of amides is 1. The molecule has 0 aliphatic heterocycles. The van der Waals surface area contributed by atoms with E-state index in [4.69, 9.17) is 5.73 Å². The topological polar surface area (TPSA) is 92.5 Å². The molecule has 0 aromatic heterocycles. The standard InChI is InChI=1S/C4H9NO4S/c5-4(6)2-1-3-9-10(7)8/h1-3H2,(H2,5,6)(H,7,8)/p-1. The van der Waals surface area contributed by atoms with E-state index in [0.717, 1.165) is 0 Å². The molecule has 0 fully saturated rings. The average molecular weight is 166 g/mol. The van der Waals surface area contributed by atoms with Crippen molar-refractivity contribution < 1.29 is 17.7 Å². The smallest absolute Gasteiger partial charge is 0.217 e. The summed E-state index contributed by atoms with van der Waals surface area (Å²) in [6.45, 7) is 0.0129. The summed E-state index contributed by atoms with van der Waals surface area (Å²) >= 11 is -2.48. The maximum Gasteiger partial charge on any atom is 0.217 e. The van der Waals surface area contributed by atoms with E-state index in [-0.39, 0.29) is 13.0 Å². The Morgan fingerprint density at radius 3 is 2.70 bits per heavy atom. The van der Waals surface area contributed by atoms with Gasteiger partial charge in [-0.2, -0.15) is 0 Å². The first-order chi connectivity index (χ1) is 4.63. The Morgan fingerprint density at radius 2 is 2.30 bits per heavy atom. The lowest BCUT2D eigenvalue weighted by atomic mass is 10.3. The van der Waals surface area contributed by atoms with Gasteiger partial charge in [-0.25, -0.2) is 4.21 Å². The third-order valence-electron chi connectivity index (χ3n) is 0.747. The van der Waals surface area contributed by atoms with Crippen molar-refractivity contribution in [3.63, 3.8) is 0 Å². The zero-order valence-corrected chi connectivity index (χ0v) is 6.06. The molecule has 0 aliphatic carbocycles. The predicted octanol–water partition coefficient (Wildman–Crippen LogP) is -0.937. The molecule has 0 aromatic carbocycles. The first kappa shape index (κ1) is 9.54. The van der Waals surface area contributed by atoms with E-state index in [9.17, 15) is 13.6 Å². The van der Waals surface area contributed by atoms with Crippen LogP contribution in [0.25, 0.3) is 0 Å². The minimum absolute atomic E-state index is 0.0129. The highest BCUT2D eigenvalue weighted by Gasteiger charge is 1.93. The number of hydrogen-bond acceptors (Lipinski definition) is 4. The minimum Gasteiger partial charge on any atom is -0.750 e. The molecule has 0 aromatic rings. The van der Waals surface area contributed by atoms with Crippen molar-refractivity contribution in [3.8, 4) is 0 Å². The molecular formula is C4H8NO4S-. The van der Waals surface area contributed by atoms with Crippen LogP contribution >= 0.6 is 0 Å². The van der Waals surface area contributed by atoms with Gasteiger partial charge in [0.15, 0.2) is 0 Å². The number of carbonyl (C=O) groups excluding carboxylic acids is 1. The molecule has 2 N–H and O–H groups in total. The molecule has 1 unspecified atom stereocenters. The number of rotatable bonds is 5. The molecule has 0 radical (unpaired) electrons. The minimum atomic E-state index is -2.48. The summed E-state index contributed by atoms with van der Waals surface area (Å²) in [6.07, 6.45) is 0.487. The van der Waals surface area contributed by atoms with Crippen LogP contribution in [0.15, 0.2) is 0 Å². The molecule has 0 spiro atoms. The van der Waals surface area contributed by atoms with Crippen molar-refractivity contribution in [2.24, 2.45) is 5.73 Å². The van der Waals surface area contributed by atoms with Crippen molar-refractivity contribution in [3.05, 3.63) is 0 Å². The third kappa shape index (κ3) is 7.54. The van der Waals surface area contributed by atoms with E-state index in [1.165, 1.54) is 0 Å². The molecule has 5 nitrogen and oxygen atoms in total. The molecular weight excluding hydrogens is 158 g/mol. The highest BCUT2D eigenvalue weighted by molar-refractivity contribution is 7.74. The maximum absolute atomic E-state index is 10.1. The summed E-state index contributed by atoms with van der Waals surface area (Å²) in [4.78, 5) is 10.1. The van der Waals surface area contributed by atoms with Crippen LogP contribution in [0.3, 0.4) is 0 Å². The summed E-state index contributed by atoms with van der Waals surface area (Å²) in [5.74, 6) is -0.458. The zero-order valence-electron chi connectivity index (χ0n) is 5.24. The molecule has 1 atom stereocenters. The second-order valence-corrected chi connectivity index (χ2v) is 2.24. The SMILES string of the molecule is NC(=O)CCCOS(=O)[O-]. The van der Waals surface area contributed by atoms with Crippen LogP contribution in [-0.2, 0) is 20.3 Å². The largest absolute Gasteiger partial charge is 0.750 e. The normalized spacial score (nSPS) is 12.9. The molecule has 0 saturated carbocycles. The van der Waals surface area contributed by atoms with Gasteiger partial charge in [-0.15, -0.1) is 0 Å². The van der Waals surface area contributed by atoms with Gasteiger partial charge < -0.3 is 14.5 Å². The highest BCUT2D eigenvalue weighted by Crippen LogP contribution is 1.89. The molecule has 60 valence electrons. The Morgan fingerprint density at radius 1 is 1.70 bits per heavy atom. The number of nitrogens with two attached hydrogens (primary N) is 1. The fourth-order valence-corrected chi connectivity index (χ4v) is 0.627. The van der Waals surface area contributed by atoms with Gasteiger partial charge in [0.25, 0.3) is 0 Å². The van der Waals surface area contributed by atoms with Gasteiger partial charge in [0.05, 0.1) is 18.0 Å². The van der Waals surface area contributed by atoms with Gasteiger partial charge in [-0.1, -0.05) is 0 Å².